The topological polar surface area (TPSA) is 124 Å². The van der Waals surface area contributed by atoms with Crippen LogP contribution < -0.4 is 19.3 Å². The van der Waals surface area contributed by atoms with Gasteiger partial charge in [-0.1, -0.05) is 36.2 Å². The van der Waals surface area contributed by atoms with Crippen molar-refractivity contribution in [2.45, 2.75) is 49.6 Å². The van der Waals surface area contributed by atoms with Gasteiger partial charge in [0.1, 0.15) is 31.3 Å². The molecule has 3 aromatic carbocycles. The van der Waals surface area contributed by atoms with Gasteiger partial charge in [0.05, 0.1) is 16.5 Å². The highest BCUT2D eigenvalue weighted by Gasteiger charge is 2.45. The minimum absolute atomic E-state index is 0.111. The average molecular weight is 703 g/mol. The molecule has 2 saturated heterocycles. The molecule has 1 unspecified atom stereocenters. The Morgan fingerprint density at radius 3 is 2.26 bits per heavy atom. The Morgan fingerprint density at radius 1 is 1.00 bits per heavy atom. The third-order valence-electron chi connectivity index (χ3n) is 8.36. The molecule has 1 aromatic heterocycles. The lowest BCUT2D eigenvalue weighted by molar-refractivity contribution is -0.190. The number of benzene rings is 3. The number of nitrogens with one attached hydrogen (secondary N) is 1. The van der Waals surface area contributed by atoms with Gasteiger partial charge in [0.25, 0.3) is 0 Å². The van der Waals surface area contributed by atoms with Crippen LogP contribution in [0.15, 0.2) is 78.0 Å². The zero-order chi connectivity index (χ0) is 33.0. The molecule has 6 rings (SSSR count). The van der Waals surface area contributed by atoms with E-state index in [1.165, 1.54) is 11.0 Å². The maximum absolute atomic E-state index is 12.6. The van der Waals surface area contributed by atoms with Crippen LogP contribution in [0.4, 0.5) is 11.4 Å². The molecule has 15 heteroatoms. The van der Waals surface area contributed by atoms with Crippen LogP contribution in [0.5, 0.6) is 5.75 Å². The number of tetrazole rings is 1. The molecule has 0 amide bonds. The van der Waals surface area contributed by atoms with E-state index in [1.54, 1.807) is 30.3 Å². The first-order chi connectivity index (χ1) is 22.6. The predicted molar refractivity (Wildman–Crippen MR) is 180 cm³/mol. The molecule has 4 aromatic rings. The molecule has 0 aliphatic carbocycles. The summed E-state index contributed by atoms with van der Waals surface area (Å²) in [5.41, 5.74) is 2.74. The van der Waals surface area contributed by atoms with Crippen LogP contribution in [0.1, 0.15) is 25.8 Å². The molecule has 0 saturated carbocycles. The number of sulfonamides is 1. The van der Waals surface area contributed by atoms with Crippen LogP contribution >= 0.6 is 23.2 Å². The number of hydrogen-bond acceptors (Lipinski definition) is 10. The van der Waals surface area contributed by atoms with Crippen molar-refractivity contribution < 1.29 is 22.6 Å². The first-order valence-corrected chi connectivity index (χ1v) is 17.7. The van der Waals surface area contributed by atoms with Crippen molar-refractivity contribution in [3.63, 3.8) is 0 Å². The summed E-state index contributed by atoms with van der Waals surface area (Å²) in [6, 6.07) is 20.2. The first kappa shape index (κ1) is 33.4. The van der Waals surface area contributed by atoms with Gasteiger partial charge in [-0.25, -0.2) is 17.8 Å². The van der Waals surface area contributed by atoms with Crippen LogP contribution in [0.3, 0.4) is 0 Å². The Kier molecular flexibility index (Phi) is 10.2. The second kappa shape index (κ2) is 14.3. The number of hydrogen-bond donors (Lipinski definition) is 1. The van der Waals surface area contributed by atoms with E-state index in [0.29, 0.717) is 15.6 Å². The lowest BCUT2D eigenvalue weighted by Gasteiger charge is -2.37. The second-order valence-electron chi connectivity index (χ2n) is 11.6. The molecular formula is C32H37Cl2N7O5S. The summed E-state index contributed by atoms with van der Waals surface area (Å²) < 4.78 is 48.2. The zero-order valence-electron chi connectivity index (χ0n) is 26.1. The van der Waals surface area contributed by atoms with Crippen molar-refractivity contribution in [2.75, 3.05) is 49.2 Å². The Balaban J connectivity index is 1.02. The summed E-state index contributed by atoms with van der Waals surface area (Å²) >= 11 is 12.7. The quantitative estimate of drug-likeness (QED) is 0.222. The van der Waals surface area contributed by atoms with Gasteiger partial charge in [0.15, 0.2) is 0 Å². The molecule has 2 aliphatic heterocycles. The van der Waals surface area contributed by atoms with Gasteiger partial charge in [-0.15, -0.1) is 5.10 Å². The monoisotopic (exact) mass is 701 g/mol. The molecule has 3 heterocycles. The van der Waals surface area contributed by atoms with E-state index in [9.17, 15) is 8.42 Å². The largest absolute Gasteiger partial charge is 0.491 e. The van der Waals surface area contributed by atoms with E-state index >= 15 is 0 Å². The molecule has 12 nitrogen and oxygen atoms in total. The molecule has 47 heavy (non-hydrogen) atoms. The SMILES string of the molecule is CCC(C)NS(=O)(=O)c1ccc(N2CCN(c3ccc(OC[C@@H]4CO[C@@](Cn5cnnn5)(c5ccc(Cl)cc5Cl)O4)cc3)CC2)cc1. The van der Waals surface area contributed by atoms with Gasteiger partial charge in [-0.2, -0.15) is 0 Å². The van der Waals surface area contributed by atoms with Gasteiger partial charge in [-0.3, -0.25) is 0 Å². The minimum Gasteiger partial charge on any atom is -0.491 e. The summed E-state index contributed by atoms with van der Waals surface area (Å²) in [6.45, 7) is 7.87. The summed E-state index contributed by atoms with van der Waals surface area (Å²) in [4.78, 5) is 4.88. The third-order valence-corrected chi connectivity index (χ3v) is 10.5. The number of anilines is 2. The standard InChI is InChI=1S/C32H37Cl2N7O5S/c1-3-23(2)36-47(42,43)29-11-7-26(8-12-29)40-16-14-39(15-17-40)25-5-9-27(10-6-25)44-19-28-20-45-32(46-28,21-41-22-35-37-38-41)30-13-4-24(33)18-31(30)34/h4-13,18,22-23,28,36H,3,14-17,19-21H2,1-2H3/t23?,28-,32-/m1/s1. The minimum atomic E-state index is -3.52. The molecular weight excluding hydrogens is 665 g/mol. The fourth-order valence-corrected chi connectivity index (χ4v) is 7.52. The van der Waals surface area contributed by atoms with Crippen LogP contribution in [-0.2, 0) is 31.8 Å². The number of piperazine rings is 1. The van der Waals surface area contributed by atoms with Crippen molar-refractivity contribution >= 4 is 44.6 Å². The second-order valence-corrected chi connectivity index (χ2v) is 14.2. The van der Waals surface area contributed by atoms with E-state index in [1.807, 2.05) is 38.1 Å². The van der Waals surface area contributed by atoms with Crippen LogP contribution in [0.25, 0.3) is 0 Å². The molecule has 250 valence electrons. The molecule has 3 atom stereocenters. The lowest BCUT2D eigenvalue weighted by Crippen LogP contribution is -2.46. The number of aromatic nitrogens is 4. The summed E-state index contributed by atoms with van der Waals surface area (Å²) in [5.74, 6) is -0.488. The number of rotatable bonds is 12. The van der Waals surface area contributed by atoms with E-state index in [0.717, 1.165) is 49.7 Å². The number of halogens is 2. The predicted octanol–water partition coefficient (Wildman–Crippen LogP) is 4.73. The Labute approximate surface area is 284 Å². The van der Waals surface area contributed by atoms with E-state index in [-0.39, 0.29) is 36.8 Å². The highest BCUT2D eigenvalue weighted by Crippen LogP contribution is 2.40. The highest BCUT2D eigenvalue weighted by molar-refractivity contribution is 7.89. The van der Waals surface area contributed by atoms with Gasteiger partial charge in [-0.05, 0) is 84.4 Å². The fourth-order valence-electron chi connectivity index (χ4n) is 5.64. The van der Waals surface area contributed by atoms with E-state index in [2.05, 4.69) is 42.2 Å². The van der Waals surface area contributed by atoms with Crippen LogP contribution in [0.2, 0.25) is 10.0 Å². The summed E-state index contributed by atoms with van der Waals surface area (Å²) in [5, 5.41) is 12.3. The van der Waals surface area contributed by atoms with Gasteiger partial charge in [0.2, 0.25) is 15.8 Å². The lowest BCUT2D eigenvalue weighted by atomic mass is 10.1. The van der Waals surface area contributed by atoms with Crippen LogP contribution in [-0.4, -0.2) is 80.2 Å². The fraction of sp³-hybridized carbons (Fsp3) is 0.406. The van der Waals surface area contributed by atoms with Gasteiger partial charge in [0, 0.05) is 54.2 Å². The van der Waals surface area contributed by atoms with Crippen LogP contribution in [0, 0.1) is 0 Å². The molecule has 0 bridgehead atoms. The highest BCUT2D eigenvalue weighted by atomic mass is 35.5. The zero-order valence-corrected chi connectivity index (χ0v) is 28.5. The molecule has 0 spiro atoms. The average Bonchev–Trinajstić information content (AvgIpc) is 3.74. The summed E-state index contributed by atoms with van der Waals surface area (Å²) in [6.07, 6.45) is 1.86. The molecule has 2 fully saturated rings. The van der Waals surface area contributed by atoms with Crippen molar-refractivity contribution in [2.24, 2.45) is 0 Å². The van der Waals surface area contributed by atoms with Crippen molar-refractivity contribution in [3.8, 4) is 5.75 Å². The van der Waals surface area contributed by atoms with E-state index in [4.69, 9.17) is 37.4 Å². The molecule has 2 aliphatic rings. The first-order valence-electron chi connectivity index (χ1n) is 15.5. The Bertz CT molecular complexity index is 1740. The summed E-state index contributed by atoms with van der Waals surface area (Å²) in [7, 11) is -3.52. The van der Waals surface area contributed by atoms with Crippen molar-refractivity contribution in [3.05, 3.63) is 88.7 Å². The normalized spacial score (nSPS) is 20.8. The van der Waals surface area contributed by atoms with Crippen molar-refractivity contribution in [1.82, 2.24) is 24.9 Å². The van der Waals surface area contributed by atoms with Gasteiger partial charge >= 0.3 is 0 Å². The molecule has 1 N–H and O–H groups in total. The number of ether oxygens (including phenoxy) is 3. The molecule has 0 radical (unpaired) electrons. The van der Waals surface area contributed by atoms with Gasteiger partial charge < -0.3 is 24.0 Å². The van der Waals surface area contributed by atoms with E-state index < -0.39 is 15.8 Å². The Hall–Kier alpha value is -3.46. The maximum Gasteiger partial charge on any atom is 0.240 e. The smallest absolute Gasteiger partial charge is 0.240 e. The third kappa shape index (κ3) is 7.82. The Morgan fingerprint density at radius 2 is 1.66 bits per heavy atom. The number of nitrogens with zero attached hydrogens (tertiary/aromatic N) is 6. The maximum atomic E-state index is 12.6. The van der Waals surface area contributed by atoms with Crippen molar-refractivity contribution in [1.29, 1.82) is 0 Å².